The zero-order valence-electron chi connectivity index (χ0n) is 9.85. The number of benzene rings is 1. The molecule has 0 aliphatic carbocycles. The predicted octanol–water partition coefficient (Wildman–Crippen LogP) is 4.86. The Labute approximate surface area is 120 Å². The fourth-order valence-electron chi connectivity index (χ4n) is 1.60. The van der Waals surface area contributed by atoms with Gasteiger partial charge in [0.2, 0.25) is 0 Å². The minimum absolute atomic E-state index is 0.435. The van der Waals surface area contributed by atoms with Gasteiger partial charge in [0, 0.05) is 12.1 Å². The number of anilines is 1. The lowest BCUT2D eigenvalue weighted by Crippen LogP contribution is -2.02. The van der Waals surface area contributed by atoms with Crippen LogP contribution in [0.15, 0.2) is 16.7 Å². The van der Waals surface area contributed by atoms with Crippen LogP contribution >= 0.6 is 34.8 Å². The topological polar surface area (TPSA) is 38.1 Å². The average molecular weight is 306 g/mol. The summed E-state index contributed by atoms with van der Waals surface area (Å²) in [7, 11) is 0. The van der Waals surface area contributed by atoms with Crippen molar-refractivity contribution in [3.63, 3.8) is 0 Å². The van der Waals surface area contributed by atoms with Crippen LogP contribution in [0.25, 0.3) is 0 Å². The number of hydrogen-bond donors (Lipinski definition) is 1. The molecule has 1 aromatic heterocycles. The maximum absolute atomic E-state index is 6.08. The number of halogens is 3. The molecule has 0 unspecified atom stereocenters. The second kappa shape index (κ2) is 5.39. The number of rotatable bonds is 3. The second-order valence-corrected chi connectivity index (χ2v) is 5.12. The highest BCUT2D eigenvalue weighted by Gasteiger charge is 2.10. The lowest BCUT2D eigenvalue weighted by molar-refractivity contribution is 0.392. The van der Waals surface area contributed by atoms with Crippen LogP contribution < -0.4 is 5.32 Å². The van der Waals surface area contributed by atoms with E-state index in [-0.39, 0.29) is 0 Å². The summed E-state index contributed by atoms with van der Waals surface area (Å²) in [6, 6.07) is 3.31. The van der Waals surface area contributed by atoms with Crippen molar-refractivity contribution in [1.82, 2.24) is 5.16 Å². The van der Waals surface area contributed by atoms with Crippen molar-refractivity contribution in [3.8, 4) is 0 Å². The van der Waals surface area contributed by atoms with Gasteiger partial charge in [0.1, 0.15) is 5.76 Å². The summed E-state index contributed by atoms with van der Waals surface area (Å²) < 4.78 is 5.09. The summed E-state index contributed by atoms with van der Waals surface area (Å²) in [4.78, 5) is 0. The normalized spacial score (nSPS) is 10.7. The molecule has 0 amide bonds. The molecule has 0 fully saturated rings. The molecular weight excluding hydrogens is 295 g/mol. The maximum atomic E-state index is 6.08. The van der Waals surface area contributed by atoms with Crippen molar-refractivity contribution in [2.24, 2.45) is 0 Å². The lowest BCUT2D eigenvalue weighted by Gasteiger charge is -2.09. The van der Waals surface area contributed by atoms with E-state index in [9.17, 15) is 0 Å². The van der Waals surface area contributed by atoms with Gasteiger partial charge in [0.05, 0.1) is 26.4 Å². The van der Waals surface area contributed by atoms with Gasteiger partial charge in [-0.15, -0.1) is 0 Å². The predicted molar refractivity (Wildman–Crippen MR) is 74.8 cm³/mol. The van der Waals surface area contributed by atoms with Crippen LogP contribution in [0.2, 0.25) is 15.1 Å². The van der Waals surface area contributed by atoms with Gasteiger partial charge in [-0.3, -0.25) is 0 Å². The maximum Gasteiger partial charge on any atom is 0.138 e. The van der Waals surface area contributed by atoms with Gasteiger partial charge < -0.3 is 9.84 Å². The van der Waals surface area contributed by atoms with Gasteiger partial charge in [-0.25, -0.2) is 0 Å². The molecule has 2 rings (SSSR count). The average Bonchev–Trinajstić information content (AvgIpc) is 2.62. The third kappa shape index (κ3) is 2.74. The van der Waals surface area contributed by atoms with E-state index in [1.54, 1.807) is 12.1 Å². The number of hydrogen-bond acceptors (Lipinski definition) is 3. The van der Waals surface area contributed by atoms with Crippen molar-refractivity contribution in [1.29, 1.82) is 0 Å². The monoisotopic (exact) mass is 304 g/mol. The van der Waals surface area contributed by atoms with Crippen LogP contribution in [0.4, 0.5) is 5.69 Å². The lowest BCUT2D eigenvalue weighted by atomic mass is 10.2. The molecule has 1 heterocycles. The minimum atomic E-state index is 0.435. The Morgan fingerprint density at radius 3 is 2.39 bits per heavy atom. The van der Waals surface area contributed by atoms with Crippen molar-refractivity contribution < 1.29 is 4.52 Å². The summed E-state index contributed by atoms with van der Waals surface area (Å²) >= 11 is 17.9. The molecule has 1 N–H and O–H groups in total. The molecule has 2 aromatic rings. The van der Waals surface area contributed by atoms with E-state index in [2.05, 4.69) is 10.5 Å². The Bertz CT molecular complexity index is 561. The van der Waals surface area contributed by atoms with E-state index in [0.717, 1.165) is 22.7 Å². The van der Waals surface area contributed by atoms with E-state index in [1.165, 1.54) is 0 Å². The van der Waals surface area contributed by atoms with Crippen molar-refractivity contribution in [2.45, 2.75) is 20.4 Å². The van der Waals surface area contributed by atoms with E-state index >= 15 is 0 Å². The van der Waals surface area contributed by atoms with Gasteiger partial charge >= 0.3 is 0 Å². The highest BCUT2D eigenvalue weighted by Crippen LogP contribution is 2.32. The molecule has 1 aromatic carbocycles. The van der Waals surface area contributed by atoms with Crippen LogP contribution in [0, 0.1) is 13.8 Å². The first kappa shape index (κ1) is 13.5. The van der Waals surface area contributed by atoms with Crippen molar-refractivity contribution in [3.05, 3.63) is 44.2 Å². The quantitative estimate of drug-likeness (QED) is 0.823. The minimum Gasteiger partial charge on any atom is -0.380 e. The highest BCUT2D eigenvalue weighted by molar-refractivity contribution is 6.44. The molecule has 18 heavy (non-hydrogen) atoms. The van der Waals surface area contributed by atoms with Crippen molar-refractivity contribution in [2.75, 3.05) is 5.32 Å². The van der Waals surface area contributed by atoms with E-state index in [1.807, 2.05) is 13.8 Å². The van der Waals surface area contributed by atoms with Crippen LogP contribution in [-0.2, 0) is 6.54 Å². The Balaban J connectivity index is 2.18. The Morgan fingerprint density at radius 1 is 1.11 bits per heavy atom. The SMILES string of the molecule is Cc1noc(C)c1CNc1cc(Cl)c(Cl)cc1Cl. The molecule has 0 aliphatic heterocycles. The Kier molecular flexibility index (Phi) is 4.05. The zero-order valence-corrected chi connectivity index (χ0v) is 12.1. The molecule has 96 valence electrons. The van der Waals surface area contributed by atoms with Crippen LogP contribution in [-0.4, -0.2) is 5.16 Å². The first-order valence-corrected chi connectivity index (χ1v) is 6.42. The van der Waals surface area contributed by atoms with Gasteiger partial charge in [-0.2, -0.15) is 0 Å². The third-order valence-electron chi connectivity index (χ3n) is 2.65. The van der Waals surface area contributed by atoms with Gasteiger partial charge in [-0.1, -0.05) is 40.0 Å². The van der Waals surface area contributed by atoms with Crippen molar-refractivity contribution >= 4 is 40.5 Å². The fourth-order valence-corrected chi connectivity index (χ4v) is 2.21. The summed E-state index contributed by atoms with van der Waals surface area (Å²) in [6.07, 6.45) is 0. The van der Waals surface area contributed by atoms with Crippen LogP contribution in [0.1, 0.15) is 17.0 Å². The largest absolute Gasteiger partial charge is 0.380 e. The second-order valence-electron chi connectivity index (χ2n) is 3.90. The summed E-state index contributed by atoms with van der Waals surface area (Å²) in [5, 5.41) is 8.50. The summed E-state index contributed by atoms with van der Waals surface area (Å²) in [5.41, 5.74) is 2.60. The van der Waals surface area contributed by atoms with E-state index < -0.39 is 0 Å². The van der Waals surface area contributed by atoms with Gasteiger partial charge in [0.25, 0.3) is 0 Å². The molecule has 0 spiro atoms. The first-order chi connectivity index (χ1) is 8.49. The number of nitrogens with one attached hydrogen (secondary N) is 1. The molecule has 3 nitrogen and oxygen atoms in total. The zero-order chi connectivity index (χ0) is 13.3. The van der Waals surface area contributed by atoms with E-state index in [4.69, 9.17) is 39.3 Å². The van der Waals surface area contributed by atoms with Gasteiger partial charge in [-0.05, 0) is 26.0 Å². The summed E-state index contributed by atoms with van der Waals surface area (Å²) in [5.74, 6) is 0.788. The summed E-state index contributed by atoms with van der Waals surface area (Å²) in [6.45, 7) is 4.33. The van der Waals surface area contributed by atoms with Gasteiger partial charge in [0.15, 0.2) is 0 Å². The first-order valence-electron chi connectivity index (χ1n) is 5.29. The standard InChI is InChI=1S/C12H11Cl3N2O/c1-6-8(7(2)18-17-6)5-16-12-4-10(14)9(13)3-11(12)15/h3-4,16H,5H2,1-2H3. The Hall–Kier alpha value is -0.900. The van der Waals surface area contributed by atoms with Crippen LogP contribution in [0.3, 0.4) is 0 Å². The molecule has 0 atom stereocenters. The molecule has 6 heteroatoms. The molecule has 0 saturated carbocycles. The molecule has 0 bridgehead atoms. The smallest absolute Gasteiger partial charge is 0.138 e. The molecule has 0 saturated heterocycles. The molecule has 0 radical (unpaired) electrons. The van der Waals surface area contributed by atoms with Crippen LogP contribution in [0.5, 0.6) is 0 Å². The number of aryl methyl sites for hydroxylation is 2. The Morgan fingerprint density at radius 2 is 1.78 bits per heavy atom. The molecular formula is C12H11Cl3N2O. The third-order valence-corrected chi connectivity index (χ3v) is 3.68. The molecule has 0 aliphatic rings. The van der Waals surface area contributed by atoms with E-state index in [0.29, 0.717) is 21.6 Å². The highest BCUT2D eigenvalue weighted by atomic mass is 35.5. The number of nitrogens with zero attached hydrogens (tertiary/aromatic N) is 1. The number of aromatic nitrogens is 1. The fraction of sp³-hybridized carbons (Fsp3) is 0.250.